The van der Waals surface area contributed by atoms with Gasteiger partial charge in [-0.3, -0.25) is 9.69 Å². The van der Waals surface area contributed by atoms with E-state index in [9.17, 15) is 4.79 Å². The van der Waals surface area contributed by atoms with Gasteiger partial charge in [-0.1, -0.05) is 11.6 Å². The minimum absolute atomic E-state index is 0.0877. The number of hydrogen-bond donors (Lipinski definition) is 0. The minimum atomic E-state index is 0.0877. The van der Waals surface area contributed by atoms with Crippen molar-refractivity contribution < 1.29 is 9.53 Å². The number of rotatable bonds is 5. The number of nitrogens with zero attached hydrogens (tertiary/aromatic N) is 2. The summed E-state index contributed by atoms with van der Waals surface area (Å²) >= 11 is 5.85. The Labute approximate surface area is 131 Å². The molecule has 1 amide bonds. The van der Waals surface area contributed by atoms with Crippen LogP contribution in [0, 0.1) is 0 Å². The van der Waals surface area contributed by atoms with Crippen molar-refractivity contribution in [2.75, 3.05) is 39.3 Å². The van der Waals surface area contributed by atoms with E-state index in [-0.39, 0.29) is 12.0 Å². The molecule has 1 aromatic rings. The van der Waals surface area contributed by atoms with E-state index < -0.39 is 0 Å². The second-order valence-electron chi connectivity index (χ2n) is 5.56. The molecule has 0 atom stereocenters. The number of amides is 1. The van der Waals surface area contributed by atoms with E-state index in [0.717, 1.165) is 39.3 Å². The predicted molar refractivity (Wildman–Crippen MR) is 84.9 cm³/mol. The van der Waals surface area contributed by atoms with Gasteiger partial charge in [-0.05, 0) is 38.1 Å². The van der Waals surface area contributed by atoms with Crippen LogP contribution in [-0.2, 0) is 4.74 Å². The standard InChI is InChI=1S/C16H23ClN2O2/c1-13(2)21-12-11-18-7-9-19(10-8-18)16(20)14-3-5-15(17)6-4-14/h3-6,13H,7-12H2,1-2H3. The summed E-state index contributed by atoms with van der Waals surface area (Å²) in [6.45, 7) is 9.11. The molecule has 0 bridgehead atoms. The molecule has 4 nitrogen and oxygen atoms in total. The number of ether oxygens (including phenoxy) is 1. The smallest absolute Gasteiger partial charge is 0.253 e. The summed E-state index contributed by atoms with van der Waals surface area (Å²) in [6.07, 6.45) is 0.276. The van der Waals surface area contributed by atoms with Gasteiger partial charge in [0.2, 0.25) is 0 Å². The summed E-state index contributed by atoms with van der Waals surface area (Å²) in [7, 11) is 0. The first-order chi connectivity index (χ1) is 10.1. The van der Waals surface area contributed by atoms with E-state index in [0.29, 0.717) is 10.6 Å². The van der Waals surface area contributed by atoms with Crippen molar-refractivity contribution in [1.82, 2.24) is 9.80 Å². The average molecular weight is 311 g/mol. The fraction of sp³-hybridized carbons (Fsp3) is 0.562. The van der Waals surface area contributed by atoms with E-state index in [1.165, 1.54) is 0 Å². The van der Waals surface area contributed by atoms with Crippen LogP contribution in [0.25, 0.3) is 0 Å². The van der Waals surface area contributed by atoms with Gasteiger partial charge in [-0.15, -0.1) is 0 Å². The number of carbonyl (C=O) groups is 1. The zero-order valence-electron chi connectivity index (χ0n) is 12.7. The lowest BCUT2D eigenvalue weighted by atomic mass is 10.2. The summed E-state index contributed by atoms with van der Waals surface area (Å²) in [4.78, 5) is 16.6. The maximum atomic E-state index is 12.4. The summed E-state index contributed by atoms with van der Waals surface area (Å²) in [6, 6.07) is 7.09. The van der Waals surface area contributed by atoms with Crippen molar-refractivity contribution in [3.05, 3.63) is 34.9 Å². The molecular weight excluding hydrogens is 288 g/mol. The molecule has 21 heavy (non-hydrogen) atoms. The van der Waals surface area contributed by atoms with Crippen molar-refractivity contribution in [3.8, 4) is 0 Å². The molecule has 0 aliphatic carbocycles. The zero-order valence-corrected chi connectivity index (χ0v) is 13.5. The first-order valence-electron chi connectivity index (χ1n) is 7.45. The third kappa shape index (κ3) is 4.99. The first-order valence-corrected chi connectivity index (χ1v) is 7.83. The van der Waals surface area contributed by atoms with E-state index in [1.807, 2.05) is 18.7 Å². The lowest BCUT2D eigenvalue weighted by Crippen LogP contribution is -2.49. The molecule has 0 spiro atoms. The van der Waals surface area contributed by atoms with Gasteiger partial charge in [0.05, 0.1) is 12.7 Å². The molecule has 1 aliphatic heterocycles. The number of piperazine rings is 1. The first kappa shape index (κ1) is 16.3. The molecule has 1 aromatic carbocycles. The molecule has 2 rings (SSSR count). The van der Waals surface area contributed by atoms with Gasteiger partial charge in [-0.25, -0.2) is 0 Å². The van der Waals surface area contributed by atoms with E-state index >= 15 is 0 Å². The molecule has 5 heteroatoms. The van der Waals surface area contributed by atoms with Crippen LogP contribution in [0.2, 0.25) is 5.02 Å². The highest BCUT2D eigenvalue weighted by molar-refractivity contribution is 6.30. The Bertz CT molecular complexity index is 454. The summed E-state index contributed by atoms with van der Waals surface area (Å²) in [5.41, 5.74) is 0.705. The van der Waals surface area contributed by atoms with Crippen LogP contribution in [0.3, 0.4) is 0 Å². The number of halogens is 1. The van der Waals surface area contributed by atoms with Gasteiger partial charge in [0.15, 0.2) is 0 Å². The van der Waals surface area contributed by atoms with Gasteiger partial charge in [0.25, 0.3) is 5.91 Å². The van der Waals surface area contributed by atoms with Crippen molar-refractivity contribution in [2.24, 2.45) is 0 Å². The third-order valence-electron chi connectivity index (χ3n) is 3.61. The topological polar surface area (TPSA) is 32.8 Å². The van der Waals surface area contributed by atoms with Crippen molar-refractivity contribution in [3.63, 3.8) is 0 Å². The van der Waals surface area contributed by atoms with Crippen LogP contribution < -0.4 is 0 Å². The van der Waals surface area contributed by atoms with Gasteiger partial charge in [0, 0.05) is 43.3 Å². The molecule has 0 aromatic heterocycles. The molecule has 116 valence electrons. The van der Waals surface area contributed by atoms with Crippen molar-refractivity contribution >= 4 is 17.5 Å². The quantitative estimate of drug-likeness (QED) is 0.838. The lowest BCUT2D eigenvalue weighted by Gasteiger charge is -2.34. The molecule has 1 fully saturated rings. The van der Waals surface area contributed by atoms with Gasteiger partial charge in [0.1, 0.15) is 0 Å². The SMILES string of the molecule is CC(C)OCCN1CCN(C(=O)c2ccc(Cl)cc2)CC1. The Balaban J connectivity index is 1.78. The zero-order chi connectivity index (χ0) is 15.2. The van der Waals surface area contributed by atoms with Crippen LogP contribution in [0.1, 0.15) is 24.2 Å². The fourth-order valence-corrected chi connectivity index (χ4v) is 2.49. The van der Waals surface area contributed by atoms with E-state index in [2.05, 4.69) is 4.90 Å². The minimum Gasteiger partial charge on any atom is -0.377 e. The van der Waals surface area contributed by atoms with Crippen LogP contribution in [0.4, 0.5) is 0 Å². The highest BCUT2D eigenvalue weighted by atomic mass is 35.5. The Morgan fingerprint density at radius 2 is 1.81 bits per heavy atom. The van der Waals surface area contributed by atoms with E-state index in [1.54, 1.807) is 24.3 Å². The van der Waals surface area contributed by atoms with Gasteiger partial charge < -0.3 is 9.64 Å². The average Bonchev–Trinajstić information content (AvgIpc) is 2.48. The Hall–Kier alpha value is -1.10. The molecule has 0 saturated carbocycles. The summed E-state index contributed by atoms with van der Waals surface area (Å²) in [5, 5.41) is 0.654. The fourth-order valence-electron chi connectivity index (χ4n) is 2.37. The number of carbonyl (C=O) groups excluding carboxylic acids is 1. The summed E-state index contributed by atoms with van der Waals surface area (Å²) in [5.74, 6) is 0.0877. The van der Waals surface area contributed by atoms with Crippen LogP contribution >= 0.6 is 11.6 Å². The van der Waals surface area contributed by atoms with Gasteiger partial charge >= 0.3 is 0 Å². The number of benzene rings is 1. The maximum absolute atomic E-state index is 12.4. The second kappa shape index (κ2) is 7.78. The maximum Gasteiger partial charge on any atom is 0.253 e. The predicted octanol–water partition coefficient (Wildman–Crippen LogP) is 2.52. The molecule has 1 aliphatic rings. The van der Waals surface area contributed by atoms with Crippen LogP contribution in [0.15, 0.2) is 24.3 Å². The van der Waals surface area contributed by atoms with Crippen LogP contribution in [-0.4, -0.2) is 61.1 Å². The molecule has 0 N–H and O–H groups in total. The highest BCUT2D eigenvalue weighted by Gasteiger charge is 2.21. The molecular formula is C16H23ClN2O2. The lowest BCUT2D eigenvalue weighted by molar-refractivity contribution is 0.0407. The molecule has 1 heterocycles. The Kier molecular flexibility index (Phi) is 6.03. The number of hydrogen-bond acceptors (Lipinski definition) is 3. The molecule has 1 saturated heterocycles. The monoisotopic (exact) mass is 310 g/mol. The third-order valence-corrected chi connectivity index (χ3v) is 3.86. The Morgan fingerprint density at radius 3 is 2.38 bits per heavy atom. The molecule has 0 unspecified atom stereocenters. The summed E-state index contributed by atoms with van der Waals surface area (Å²) < 4.78 is 5.56. The highest BCUT2D eigenvalue weighted by Crippen LogP contribution is 2.13. The normalized spacial score (nSPS) is 16.5. The molecule has 0 radical (unpaired) electrons. The van der Waals surface area contributed by atoms with E-state index in [4.69, 9.17) is 16.3 Å². The Morgan fingerprint density at radius 1 is 1.19 bits per heavy atom. The van der Waals surface area contributed by atoms with Crippen molar-refractivity contribution in [1.29, 1.82) is 0 Å². The van der Waals surface area contributed by atoms with Crippen LogP contribution in [0.5, 0.6) is 0 Å². The second-order valence-corrected chi connectivity index (χ2v) is 6.00. The van der Waals surface area contributed by atoms with Gasteiger partial charge in [-0.2, -0.15) is 0 Å². The van der Waals surface area contributed by atoms with Crippen molar-refractivity contribution in [2.45, 2.75) is 20.0 Å². The largest absolute Gasteiger partial charge is 0.377 e.